The topological polar surface area (TPSA) is 21.3 Å². The largest absolute Gasteiger partial charge is 0.380 e. The van der Waals surface area contributed by atoms with E-state index in [1.807, 2.05) is 0 Å². The minimum absolute atomic E-state index is 0.330. The molecule has 0 aliphatic carbocycles. The fourth-order valence-corrected chi connectivity index (χ4v) is 1.25. The van der Waals surface area contributed by atoms with Crippen molar-refractivity contribution in [2.24, 2.45) is 11.3 Å². The molecular formula is C9H19NO. The number of nitrogens with one attached hydrogen (secondary N) is 1. The van der Waals surface area contributed by atoms with Crippen molar-refractivity contribution in [2.45, 2.75) is 20.8 Å². The third-order valence-corrected chi connectivity index (χ3v) is 2.78. The fraction of sp³-hybridized carbons (Fsp3) is 1.00. The van der Waals surface area contributed by atoms with E-state index < -0.39 is 0 Å². The van der Waals surface area contributed by atoms with Crippen molar-refractivity contribution < 1.29 is 4.74 Å². The van der Waals surface area contributed by atoms with Gasteiger partial charge in [0.25, 0.3) is 0 Å². The monoisotopic (exact) mass is 157 g/mol. The predicted octanol–water partition coefficient (Wildman–Crippen LogP) is 1.27. The molecule has 66 valence electrons. The number of hydrogen-bond donors (Lipinski definition) is 1. The maximum Gasteiger partial charge on any atom is 0.0591 e. The number of rotatable bonds is 1. The van der Waals surface area contributed by atoms with Gasteiger partial charge in [0.2, 0.25) is 0 Å². The first-order valence-electron chi connectivity index (χ1n) is 4.43. The molecule has 0 spiro atoms. The summed E-state index contributed by atoms with van der Waals surface area (Å²) in [6.45, 7) is 10.7. The molecule has 11 heavy (non-hydrogen) atoms. The molecule has 0 radical (unpaired) electrons. The average molecular weight is 157 g/mol. The van der Waals surface area contributed by atoms with Crippen LogP contribution in [0.25, 0.3) is 0 Å². The summed E-state index contributed by atoms with van der Waals surface area (Å²) in [5.74, 6) is 0.688. The van der Waals surface area contributed by atoms with Crippen molar-refractivity contribution in [3.05, 3.63) is 0 Å². The molecule has 0 saturated carbocycles. The molecule has 0 aromatic rings. The predicted molar refractivity (Wildman–Crippen MR) is 46.6 cm³/mol. The van der Waals surface area contributed by atoms with Crippen molar-refractivity contribution in [1.29, 1.82) is 0 Å². The SMILES string of the molecule is CC(C)C1(C)CNCCOC1. The van der Waals surface area contributed by atoms with E-state index in [4.69, 9.17) is 4.74 Å². The molecule has 1 heterocycles. The molecule has 0 aromatic carbocycles. The van der Waals surface area contributed by atoms with E-state index in [0.29, 0.717) is 11.3 Å². The molecule has 2 nitrogen and oxygen atoms in total. The van der Waals surface area contributed by atoms with Gasteiger partial charge in [-0.1, -0.05) is 20.8 Å². The molecule has 0 bridgehead atoms. The first kappa shape index (κ1) is 9.01. The van der Waals surface area contributed by atoms with Crippen LogP contribution >= 0.6 is 0 Å². The summed E-state index contributed by atoms with van der Waals surface area (Å²) in [4.78, 5) is 0. The molecular weight excluding hydrogens is 138 g/mol. The zero-order chi connectivity index (χ0) is 8.32. The van der Waals surface area contributed by atoms with Crippen molar-refractivity contribution >= 4 is 0 Å². The summed E-state index contributed by atoms with van der Waals surface area (Å²) >= 11 is 0. The maximum absolute atomic E-state index is 5.51. The molecule has 0 aromatic heterocycles. The molecule has 1 unspecified atom stereocenters. The summed E-state index contributed by atoms with van der Waals surface area (Å²) in [6.07, 6.45) is 0. The highest BCUT2D eigenvalue weighted by Crippen LogP contribution is 2.27. The van der Waals surface area contributed by atoms with E-state index in [1.54, 1.807) is 0 Å². The first-order chi connectivity index (χ1) is 5.15. The van der Waals surface area contributed by atoms with E-state index in [0.717, 1.165) is 26.3 Å². The van der Waals surface area contributed by atoms with Crippen LogP contribution in [0.2, 0.25) is 0 Å². The van der Waals surface area contributed by atoms with Gasteiger partial charge in [-0.05, 0) is 5.92 Å². The Morgan fingerprint density at radius 3 is 2.82 bits per heavy atom. The van der Waals surface area contributed by atoms with Crippen LogP contribution in [0.4, 0.5) is 0 Å². The van der Waals surface area contributed by atoms with E-state index in [9.17, 15) is 0 Å². The molecule has 1 fully saturated rings. The molecule has 1 atom stereocenters. The van der Waals surface area contributed by atoms with Gasteiger partial charge in [0.1, 0.15) is 0 Å². The molecule has 0 amide bonds. The zero-order valence-electron chi connectivity index (χ0n) is 7.81. The van der Waals surface area contributed by atoms with E-state index >= 15 is 0 Å². The lowest BCUT2D eigenvalue weighted by Gasteiger charge is -2.31. The highest BCUT2D eigenvalue weighted by Gasteiger charge is 2.29. The summed E-state index contributed by atoms with van der Waals surface area (Å²) in [5, 5.41) is 3.39. The van der Waals surface area contributed by atoms with Crippen LogP contribution < -0.4 is 5.32 Å². The first-order valence-corrected chi connectivity index (χ1v) is 4.43. The minimum atomic E-state index is 0.330. The van der Waals surface area contributed by atoms with Gasteiger partial charge in [0.05, 0.1) is 13.2 Å². The Morgan fingerprint density at radius 2 is 2.18 bits per heavy atom. The normalized spacial score (nSPS) is 33.8. The second-order valence-electron chi connectivity index (χ2n) is 4.04. The lowest BCUT2D eigenvalue weighted by Crippen LogP contribution is -2.37. The van der Waals surface area contributed by atoms with E-state index in [-0.39, 0.29) is 0 Å². The van der Waals surface area contributed by atoms with Crippen molar-refractivity contribution in [3.63, 3.8) is 0 Å². The van der Waals surface area contributed by atoms with E-state index in [2.05, 4.69) is 26.1 Å². The highest BCUT2D eigenvalue weighted by atomic mass is 16.5. The Morgan fingerprint density at radius 1 is 1.45 bits per heavy atom. The van der Waals surface area contributed by atoms with Crippen LogP contribution in [0.1, 0.15) is 20.8 Å². The second-order valence-corrected chi connectivity index (χ2v) is 4.04. The van der Waals surface area contributed by atoms with Gasteiger partial charge < -0.3 is 10.1 Å². The second kappa shape index (κ2) is 3.55. The van der Waals surface area contributed by atoms with Gasteiger partial charge in [-0.15, -0.1) is 0 Å². The van der Waals surface area contributed by atoms with Crippen LogP contribution in [0, 0.1) is 11.3 Å². The minimum Gasteiger partial charge on any atom is -0.380 e. The lowest BCUT2D eigenvalue weighted by atomic mass is 9.80. The van der Waals surface area contributed by atoms with Crippen molar-refractivity contribution in [2.75, 3.05) is 26.3 Å². The fourth-order valence-electron chi connectivity index (χ4n) is 1.25. The van der Waals surface area contributed by atoms with Gasteiger partial charge in [0.15, 0.2) is 0 Å². The molecule has 1 N–H and O–H groups in total. The quantitative estimate of drug-likeness (QED) is 0.619. The Balaban J connectivity index is 2.52. The lowest BCUT2D eigenvalue weighted by molar-refractivity contribution is 0.0521. The molecule has 1 rings (SSSR count). The van der Waals surface area contributed by atoms with Gasteiger partial charge in [-0.3, -0.25) is 0 Å². The number of hydrogen-bond acceptors (Lipinski definition) is 2. The molecule has 1 aliphatic heterocycles. The Labute approximate surface area is 69.3 Å². The van der Waals surface area contributed by atoms with Crippen LogP contribution in [0.3, 0.4) is 0 Å². The van der Waals surface area contributed by atoms with E-state index in [1.165, 1.54) is 0 Å². The van der Waals surface area contributed by atoms with Gasteiger partial charge in [0, 0.05) is 18.5 Å². The average Bonchev–Trinajstić information content (AvgIpc) is 2.15. The van der Waals surface area contributed by atoms with Crippen molar-refractivity contribution in [1.82, 2.24) is 5.32 Å². The Bertz CT molecular complexity index is 115. The third kappa shape index (κ3) is 2.17. The standard InChI is InChI=1S/C9H19NO/c1-8(2)9(3)6-10-4-5-11-7-9/h8,10H,4-7H2,1-3H3. The van der Waals surface area contributed by atoms with Crippen LogP contribution in [-0.4, -0.2) is 26.3 Å². The Kier molecular flexibility index (Phi) is 2.90. The van der Waals surface area contributed by atoms with Crippen LogP contribution in [-0.2, 0) is 4.74 Å². The van der Waals surface area contributed by atoms with Crippen molar-refractivity contribution in [3.8, 4) is 0 Å². The highest BCUT2D eigenvalue weighted by molar-refractivity contribution is 4.81. The van der Waals surface area contributed by atoms with Gasteiger partial charge >= 0.3 is 0 Å². The van der Waals surface area contributed by atoms with Gasteiger partial charge in [-0.2, -0.15) is 0 Å². The Hall–Kier alpha value is -0.0800. The summed E-state index contributed by atoms with van der Waals surface area (Å²) in [7, 11) is 0. The summed E-state index contributed by atoms with van der Waals surface area (Å²) in [5.41, 5.74) is 0.330. The zero-order valence-corrected chi connectivity index (χ0v) is 7.81. The number of ether oxygens (including phenoxy) is 1. The maximum atomic E-state index is 5.51. The third-order valence-electron chi connectivity index (χ3n) is 2.78. The summed E-state index contributed by atoms with van der Waals surface area (Å²) < 4.78 is 5.51. The van der Waals surface area contributed by atoms with Gasteiger partial charge in [-0.25, -0.2) is 0 Å². The molecule has 2 heteroatoms. The van der Waals surface area contributed by atoms with Crippen LogP contribution in [0.15, 0.2) is 0 Å². The summed E-state index contributed by atoms with van der Waals surface area (Å²) in [6, 6.07) is 0. The smallest absolute Gasteiger partial charge is 0.0591 e. The van der Waals surface area contributed by atoms with Crippen LogP contribution in [0.5, 0.6) is 0 Å². The molecule has 1 aliphatic rings. The molecule has 1 saturated heterocycles.